The molecule has 0 heteroatoms. The lowest BCUT2D eigenvalue weighted by atomic mass is 9.85. The lowest BCUT2D eigenvalue weighted by Crippen LogP contribution is -1.90. The summed E-state index contributed by atoms with van der Waals surface area (Å²) in [6.45, 7) is 0. The van der Waals surface area contributed by atoms with Crippen LogP contribution in [-0.2, 0) is 0 Å². The van der Waals surface area contributed by atoms with Gasteiger partial charge in [0, 0.05) is 0 Å². The van der Waals surface area contributed by atoms with Crippen LogP contribution in [0.5, 0.6) is 0 Å². The molecule has 0 spiro atoms. The van der Waals surface area contributed by atoms with Crippen molar-refractivity contribution in [3.05, 3.63) is 109 Å². The zero-order valence-electron chi connectivity index (χ0n) is 17.4. The molecule has 0 heterocycles. The minimum Gasteiger partial charge on any atom is -0.0616 e. The van der Waals surface area contributed by atoms with Crippen molar-refractivity contribution in [2.45, 2.75) is 0 Å². The van der Waals surface area contributed by atoms with E-state index in [1.165, 1.54) is 75.4 Å². The molecule has 8 rings (SSSR count). The second-order valence-corrected chi connectivity index (χ2v) is 8.95. The minimum atomic E-state index is 1.30. The Hall–Kier alpha value is -4.16. The predicted molar refractivity (Wildman–Crippen MR) is 140 cm³/mol. The van der Waals surface area contributed by atoms with Crippen molar-refractivity contribution in [1.29, 1.82) is 0 Å². The third-order valence-electron chi connectivity index (χ3n) is 7.31. The maximum absolute atomic E-state index is 2.41. The molecule has 0 nitrogen and oxygen atoms in total. The Morgan fingerprint density at radius 3 is 1.09 bits per heavy atom. The van der Waals surface area contributed by atoms with E-state index in [-0.39, 0.29) is 0 Å². The fraction of sp³-hybridized carbons (Fsp3) is 0. The average Bonchev–Trinajstić information content (AvgIpc) is 2.86. The van der Waals surface area contributed by atoms with Crippen LogP contribution in [-0.4, -0.2) is 0 Å². The zero-order valence-corrected chi connectivity index (χ0v) is 17.4. The number of benzene rings is 8. The van der Waals surface area contributed by atoms with Crippen molar-refractivity contribution < 1.29 is 0 Å². The molecule has 0 fully saturated rings. The van der Waals surface area contributed by atoms with Crippen LogP contribution < -0.4 is 0 Å². The average molecular weight is 402 g/mol. The summed E-state index contributed by atoms with van der Waals surface area (Å²) in [5.74, 6) is 0. The Balaban J connectivity index is 1.80. The maximum Gasteiger partial charge on any atom is -0.00137 e. The van der Waals surface area contributed by atoms with Crippen molar-refractivity contribution in [2.75, 3.05) is 0 Å². The highest BCUT2D eigenvalue weighted by Gasteiger charge is 2.17. The van der Waals surface area contributed by atoms with E-state index in [9.17, 15) is 0 Å². The first kappa shape index (κ1) is 16.5. The summed E-state index contributed by atoms with van der Waals surface area (Å²) in [7, 11) is 0. The van der Waals surface area contributed by atoms with Gasteiger partial charge in [0.2, 0.25) is 0 Å². The highest BCUT2D eigenvalue weighted by Crippen LogP contribution is 2.46. The fourth-order valence-corrected chi connectivity index (χ4v) is 5.91. The highest BCUT2D eigenvalue weighted by atomic mass is 14.2. The quantitative estimate of drug-likeness (QED) is 0.175. The Labute approximate surface area is 184 Å². The van der Waals surface area contributed by atoms with Gasteiger partial charge in [-0.25, -0.2) is 0 Å². The maximum atomic E-state index is 2.41. The number of rotatable bonds is 0. The van der Waals surface area contributed by atoms with Gasteiger partial charge in [-0.05, 0) is 99.7 Å². The summed E-state index contributed by atoms with van der Waals surface area (Å²) < 4.78 is 0. The molecule has 0 radical (unpaired) electrons. The molecule has 0 N–H and O–H groups in total. The fourth-order valence-electron chi connectivity index (χ4n) is 5.91. The van der Waals surface area contributed by atoms with Crippen LogP contribution in [0.15, 0.2) is 109 Å². The summed E-state index contributed by atoms with van der Waals surface area (Å²) in [6, 6.07) is 40.6. The third kappa shape index (κ3) is 1.98. The molecule has 0 aliphatic heterocycles. The molecule has 0 saturated carbocycles. The summed E-state index contributed by atoms with van der Waals surface area (Å²) in [5, 5.41) is 18.7. The van der Waals surface area contributed by atoms with E-state index >= 15 is 0 Å². The first-order chi connectivity index (χ1) is 15.9. The topological polar surface area (TPSA) is 0 Å². The molecule has 0 amide bonds. The van der Waals surface area contributed by atoms with Gasteiger partial charge in [-0.1, -0.05) is 84.9 Å². The van der Waals surface area contributed by atoms with Crippen LogP contribution in [0.3, 0.4) is 0 Å². The molecule has 0 aliphatic carbocycles. The number of fused-ring (bicyclic) bond motifs is 8. The standard InChI is InChI=1S/C32H18/c1-2-8-20-16-28-27(15-19(20)7-1)29-17-21-9-3-5-11-23(21)25-13-14-26-24-12-6-4-10-22(24)18-30(28)32(26)31(25)29/h1-18H. The Morgan fingerprint density at radius 2 is 0.625 bits per heavy atom. The molecule has 0 saturated heterocycles. The van der Waals surface area contributed by atoms with Crippen molar-refractivity contribution in [1.82, 2.24) is 0 Å². The normalized spacial score (nSPS) is 12.4. The molecule has 146 valence electrons. The van der Waals surface area contributed by atoms with Crippen molar-refractivity contribution in [3.63, 3.8) is 0 Å². The van der Waals surface area contributed by atoms with Gasteiger partial charge in [0.15, 0.2) is 0 Å². The molecule has 0 bridgehead atoms. The molecule has 8 aromatic carbocycles. The van der Waals surface area contributed by atoms with Crippen LogP contribution in [0.1, 0.15) is 0 Å². The van der Waals surface area contributed by atoms with Gasteiger partial charge in [0.05, 0.1) is 0 Å². The Morgan fingerprint density at radius 1 is 0.250 bits per heavy atom. The largest absolute Gasteiger partial charge is 0.0616 e. The molecule has 8 aromatic rings. The predicted octanol–water partition coefficient (Wildman–Crippen LogP) is 9.20. The Kier molecular flexibility index (Phi) is 2.97. The summed E-state index contributed by atoms with van der Waals surface area (Å²) in [6.07, 6.45) is 0. The van der Waals surface area contributed by atoms with E-state index in [2.05, 4.69) is 109 Å². The molecule has 32 heavy (non-hydrogen) atoms. The number of hydrogen-bond acceptors (Lipinski definition) is 0. The van der Waals surface area contributed by atoms with Gasteiger partial charge < -0.3 is 0 Å². The monoisotopic (exact) mass is 402 g/mol. The summed E-state index contributed by atoms with van der Waals surface area (Å²) in [4.78, 5) is 0. The van der Waals surface area contributed by atoms with Crippen LogP contribution in [0.2, 0.25) is 0 Å². The molecular formula is C32H18. The molecule has 0 atom stereocenters. The lowest BCUT2D eigenvalue weighted by Gasteiger charge is -2.18. The Bertz CT molecular complexity index is 1880. The van der Waals surface area contributed by atoms with Crippen LogP contribution in [0.25, 0.3) is 75.4 Å². The van der Waals surface area contributed by atoms with Crippen LogP contribution in [0, 0.1) is 0 Å². The first-order valence-corrected chi connectivity index (χ1v) is 11.2. The highest BCUT2D eigenvalue weighted by molar-refractivity contribution is 6.40. The van der Waals surface area contributed by atoms with Gasteiger partial charge in [-0.15, -0.1) is 0 Å². The van der Waals surface area contributed by atoms with E-state index in [4.69, 9.17) is 0 Å². The summed E-state index contributed by atoms with van der Waals surface area (Å²) in [5.41, 5.74) is 0. The molecule has 0 unspecified atom stereocenters. The smallest absolute Gasteiger partial charge is 0.00137 e. The third-order valence-corrected chi connectivity index (χ3v) is 7.31. The lowest BCUT2D eigenvalue weighted by molar-refractivity contribution is 1.79. The van der Waals surface area contributed by atoms with E-state index in [0.717, 1.165) is 0 Å². The van der Waals surface area contributed by atoms with E-state index in [0.29, 0.717) is 0 Å². The zero-order chi connectivity index (χ0) is 20.8. The summed E-state index contributed by atoms with van der Waals surface area (Å²) >= 11 is 0. The van der Waals surface area contributed by atoms with Gasteiger partial charge in [-0.3, -0.25) is 0 Å². The van der Waals surface area contributed by atoms with E-state index < -0.39 is 0 Å². The number of hydrogen-bond donors (Lipinski definition) is 0. The van der Waals surface area contributed by atoms with E-state index in [1.807, 2.05) is 0 Å². The SMILES string of the molecule is c1ccc2cc3c(cc2c1)c1cc2ccccc2c2ccc4c5ccccc5cc3c4c21. The van der Waals surface area contributed by atoms with Crippen molar-refractivity contribution in [2.24, 2.45) is 0 Å². The minimum absolute atomic E-state index is 1.30. The van der Waals surface area contributed by atoms with Gasteiger partial charge in [-0.2, -0.15) is 0 Å². The molecular weight excluding hydrogens is 384 g/mol. The van der Waals surface area contributed by atoms with Gasteiger partial charge in [0.1, 0.15) is 0 Å². The second-order valence-electron chi connectivity index (χ2n) is 8.95. The van der Waals surface area contributed by atoms with Gasteiger partial charge in [0.25, 0.3) is 0 Å². The molecule has 0 aliphatic rings. The van der Waals surface area contributed by atoms with Gasteiger partial charge >= 0.3 is 0 Å². The van der Waals surface area contributed by atoms with Crippen molar-refractivity contribution in [3.8, 4) is 0 Å². The van der Waals surface area contributed by atoms with Crippen LogP contribution >= 0.6 is 0 Å². The molecule has 0 aromatic heterocycles. The second kappa shape index (κ2) is 5.75. The first-order valence-electron chi connectivity index (χ1n) is 11.2. The van der Waals surface area contributed by atoms with E-state index in [1.54, 1.807) is 0 Å². The van der Waals surface area contributed by atoms with Crippen LogP contribution in [0.4, 0.5) is 0 Å². The van der Waals surface area contributed by atoms with Crippen molar-refractivity contribution >= 4 is 75.4 Å².